The third-order valence-corrected chi connectivity index (χ3v) is 2.70. The maximum atomic E-state index is 12.2. The van der Waals surface area contributed by atoms with E-state index in [1.807, 2.05) is 19.9 Å². The van der Waals surface area contributed by atoms with Crippen molar-refractivity contribution in [2.45, 2.75) is 39.7 Å². The van der Waals surface area contributed by atoms with Crippen molar-refractivity contribution >= 4 is 18.2 Å². The number of hydrogen-bond acceptors (Lipinski definition) is 3. The highest BCUT2D eigenvalue weighted by Gasteiger charge is 2.28. The molecular weight excluding hydrogens is 307 g/mol. The minimum Gasteiger partial charge on any atom is -0.366 e. The van der Waals surface area contributed by atoms with Gasteiger partial charge in [0.2, 0.25) is 0 Å². The van der Waals surface area contributed by atoms with Gasteiger partial charge < -0.3 is 5.32 Å². The van der Waals surface area contributed by atoms with E-state index in [0.29, 0.717) is 12.1 Å². The summed E-state index contributed by atoms with van der Waals surface area (Å²) in [6.07, 6.45) is -1.44. The number of alkyl halides is 3. The smallest absolute Gasteiger partial charge is 0.366 e. The van der Waals surface area contributed by atoms with Crippen molar-refractivity contribution in [3.05, 3.63) is 29.7 Å². The average molecular weight is 324 g/mol. The number of aromatic nitrogens is 4. The number of halogens is 4. The molecule has 2 rings (SSSR count). The van der Waals surface area contributed by atoms with Gasteiger partial charge in [-0.3, -0.25) is 4.68 Å². The van der Waals surface area contributed by atoms with E-state index in [2.05, 4.69) is 15.5 Å². The molecule has 0 unspecified atom stereocenters. The normalized spacial score (nSPS) is 11.3. The number of hydrogen-bond donors (Lipinski definition) is 1. The van der Waals surface area contributed by atoms with Crippen LogP contribution in [0.4, 0.5) is 19.0 Å². The van der Waals surface area contributed by atoms with Crippen LogP contribution < -0.4 is 5.32 Å². The van der Waals surface area contributed by atoms with Crippen LogP contribution in [0.15, 0.2) is 18.5 Å². The molecule has 0 saturated heterocycles. The van der Waals surface area contributed by atoms with Crippen LogP contribution in [0.1, 0.15) is 18.2 Å². The molecule has 0 aliphatic carbocycles. The lowest BCUT2D eigenvalue weighted by Crippen LogP contribution is -2.17. The molecule has 21 heavy (non-hydrogen) atoms. The Kier molecular flexibility index (Phi) is 5.65. The van der Waals surface area contributed by atoms with Gasteiger partial charge in [0.25, 0.3) is 0 Å². The maximum absolute atomic E-state index is 12.2. The fraction of sp³-hybridized carbons (Fsp3) is 0.500. The van der Waals surface area contributed by atoms with Crippen LogP contribution in [0.5, 0.6) is 0 Å². The van der Waals surface area contributed by atoms with Crippen LogP contribution in [0.3, 0.4) is 0 Å². The zero-order chi connectivity index (χ0) is 14.8. The Morgan fingerprint density at radius 3 is 2.67 bits per heavy atom. The third kappa shape index (κ3) is 4.96. The average Bonchev–Trinajstić information content (AvgIpc) is 2.91. The first-order chi connectivity index (χ1) is 9.37. The Labute approximate surface area is 126 Å². The maximum Gasteiger partial charge on any atom is 0.408 e. The van der Waals surface area contributed by atoms with E-state index < -0.39 is 12.7 Å². The van der Waals surface area contributed by atoms with E-state index in [9.17, 15) is 13.2 Å². The summed E-state index contributed by atoms with van der Waals surface area (Å²) in [5.41, 5.74) is 1.58. The molecule has 0 spiro atoms. The van der Waals surface area contributed by atoms with Crippen molar-refractivity contribution in [2.75, 3.05) is 5.32 Å². The van der Waals surface area contributed by atoms with Crippen LogP contribution in [0.25, 0.3) is 0 Å². The van der Waals surface area contributed by atoms with Crippen LogP contribution in [-0.2, 0) is 19.6 Å². The fourth-order valence-electron chi connectivity index (χ4n) is 1.89. The lowest BCUT2D eigenvalue weighted by atomic mass is 10.3. The Morgan fingerprint density at radius 1 is 1.33 bits per heavy atom. The minimum atomic E-state index is -4.26. The van der Waals surface area contributed by atoms with E-state index in [-0.39, 0.29) is 12.4 Å². The lowest BCUT2D eigenvalue weighted by molar-refractivity contribution is -0.142. The second-order valence-corrected chi connectivity index (χ2v) is 4.50. The Hall–Kier alpha value is -1.70. The van der Waals surface area contributed by atoms with Gasteiger partial charge in [-0.2, -0.15) is 23.4 Å². The number of rotatable bonds is 5. The van der Waals surface area contributed by atoms with Crippen molar-refractivity contribution in [3.63, 3.8) is 0 Å². The molecule has 0 bridgehead atoms. The van der Waals surface area contributed by atoms with Crippen molar-refractivity contribution in [1.29, 1.82) is 0 Å². The summed E-state index contributed by atoms with van der Waals surface area (Å²) in [6, 6.07) is 1.89. The first kappa shape index (κ1) is 17.4. The van der Waals surface area contributed by atoms with Crippen molar-refractivity contribution in [3.8, 4) is 0 Å². The summed E-state index contributed by atoms with van der Waals surface area (Å²) < 4.78 is 39.3. The monoisotopic (exact) mass is 323 g/mol. The second-order valence-electron chi connectivity index (χ2n) is 4.50. The van der Waals surface area contributed by atoms with Crippen LogP contribution >= 0.6 is 12.4 Å². The molecule has 0 fully saturated rings. The van der Waals surface area contributed by atoms with E-state index in [1.54, 1.807) is 4.68 Å². The summed E-state index contributed by atoms with van der Waals surface area (Å²) in [4.78, 5) is 0. The molecule has 2 aromatic rings. The van der Waals surface area contributed by atoms with Crippen molar-refractivity contribution in [2.24, 2.45) is 0 Å². The first-order valence-corrected chi connectivity index (χ1v) is 6.24. The summed E-state index contributed by atoms with van der Waals surface area (Å²) >= 11 is 0. The number of aryl methyl sites for hydroxylation is 2. The standard InChI is InChI=1S/C12H16F3N5.ClH/c1-3-20-11(4-9(2)18-20)16-5-10-6-17-19(7-10)8-12(13,14)15;/h4,6-7,16H,3,5,8H2,1-2H3;1H. The zero-order valence-corrected chi connectivity index (χ0v) is 12.5. The Morgan fingerprint density at radius 2 is 2.05 bits per heavy atom. The third-order valence-electron chi connectivity index (χ3n) is 2.70. The molecule has 2 heterocycles. The molecule has 1 N–H and O–H groups in total. The van der Waals surface area contributed by atoms with Crippen molar-refractivity contribution in [1.82, 2.24) is 19.6 Å². The first-order valence-electron chi connectivity index (χ1n) is 6.24. The van der Waals surface area contributed by atoms with Gasteiger partial charge in [0.05, 0.1) is 11.9 Å². The molecule has 0 aliphatic heterocycles. The van der Waals surface area contributed by atoms with Gasteiger partial charge in [-0.15, -0.1) is 12.4 Å². The molecule has 0 aromatic carbocycles. The fourth-order valence-corrected chi connectivity index (χ4v) is 1.89. The van der Waals surface area contributed by atoms with E-state index in [0.717, 1.165) is 22.7 Å². The van der Waals surface area contributed by atoms with Crippen LogP contribution in [0, 0.1) is 6.92 Å². The number of nitrogens with one attached hydrogen (secondary N) is 1. The zero-order valence-electron chi connectivity index (χ0n) is 11.7. The predicted molar refractivity (Wildman–Crippen MR) is 75.5 cm³/mol. The molecule has 2 aromatic heterocycles. The van der Waals surface area contributed by atoms with Crippen LogP contribution in [0.2, 0.25) is 0 Å². The molecule has 5 nitrogen and oxygen atoms in total. The Bertz CT molecular complexity index is 576. The lowest BCUT2D eigenvalue weighted by Gasteiger charge is -2.07. The second kappa shape index (κ2) is 6.84. The highest BCUT2D eigenvalue weighted by Crippen LogP contribution is 2.17. The largest absolute Gasteiger partial charge is 0.408 e. The molecule has 0 saturated carbocycles. The Balaban J connectivity index is 0.00000220. The van der Waals surface area contributed by atoms with Gasteiger partial charge in [-0.05, 0) is 13.8 Å². The molecule has 0 atom stereocenters. The highest BCUT2D eigenvalue weighted by molar-refractivity contribution is 5.85. The minimum absolute atomic E-state index is 0. The molecular formula is C12H17ClF3N5. The molecule has 9 heteroatoms. The van der Waals surface area contributed by atoms with Gasteiger partial charge in [-0.25, -0.2) is 4.68 Å². The van der Waals surface area contributed by atoms with E-state index in [1.165, 1.54) is 12.4 Å². The van der Waals surface area contributed by atoms with Gasteiger partial charge in [0, 0.05) is 30.9 Å². The van der Waals surface area contributed by atoms with E-state index in [4.69, 9.17) is 0 Å². The molecule has 0 radical (unpaired) electrons. The van der Waals surface area contributed by atoms with Gasteiger partial charge in [0.1, 0.15) is 12.4 Å². The summed E-state index contributed by atoms with van der Waals surface area (Å²) in [5, 5.41) is 11.1. The van der Waals surface area contributed by atoms with Gasteiger partial charge in [0.15, 0.2) is 0 Å². The molecule has 0 amide bonds. The van der Waals surface area contributed by atoms with Crippen molar-refractivity contribution < 1.29 is 13.2 Å². The summed E-state index contributed by atoms with van der Waals surface area (Å²) in [7, 11) is 0. The number of anilines is 1. The predicted octanol–water partition coefficient (Wildman–Crippen LogP) is 3.00. The van der Waals surface area contributed by atoms with E-state index >= 15 is 0 Å². The van der Waals surface area contributed by atoms with Gasteiger partial charge in [-0.1, -0.05) is 0 Å². The van der Waals surface area contributed by atoms with Gasteiger partial charge >= 0.3 is 6.18 Å². The topological polar surface area (TPSA) is 47.7 Å². The quantitative estimate of drug-likeness (QED) is 0.920. The van der Waals surface area contributed by atoms with Crippen LogP contribution in [-0.4, -0.2) is 25.7 Å². The SMILES string of the molecule is CCn1nc(C)cc1NCc1cnn(CC(F)(F)F)c1.Cl. The molecule has 118 valence electrons. The number of nitrogens with zero attached hydrogens (tertiary/aromatic N) is 4. The highest BCUT2D eigenvalue weighted by atomic mass is 35.5. The summed E-state index contributed by atoms with van der Waals surface area (Å²) in [5.74, 6) is 0.841. The molecule has 0 aliphatic rings. The summed E-state index contributed by atoms with van der Waals surface area (Å²) in [6.45, 7) is 3.92.